The molecule has 2 unspecified atom stereocenters. The number of carboxylic acid groups (broad SMARTS) is 1. The summed E-state index contributed by atoms with van der Waals surface area (Å²) in [6, 6.07) is 1.63. The van der Waals surface area contributed by atoms with E-state index in [4.69, 9.17) is 5.11 Å². The Morgan fingerprint density at radius 3 is 2.67 bits per heavy atom. The number of rotatable bonds is 8. The molecule has 0 saturated heterocycles. The number of nitrogens with one attached hydrogen (secondary N) is 2. The van der Waals surface area contributed by atoms with Crippen LogP contribution in [0.2, 0.25) is 0 Å². The Balaban J connectivity index is 2.19. The van der Waals surface area contributed by atoms with Crippen LogP contribution in [0, 0.1) is 5.92 Å². The first-order chi connectivity index (χ1) is 9.90. The van der Waals surface area contributed by atoms with E-state index in [9.17, 15) is 9.59 Å². The van der Waals surface area contributed by atoms with E-state index in [1.54, 1.807) is 17.8 Å². The number of aliphatic carboxylic acids is 1. The van der Waals surface area contributed by atoms with Crippen LogP contribution in [0.1, 0.15) is 38.8 Å². The highest BCUT2D eigenvalue weighted by Gasteiger charge is 2.12. The van der Waals surface area contributed by atoms with Gasteiger partial charge in [0.05, 0.1) is 18.2 Å². The lowest BCUT2D eigenvalue weighted by atomic mass is 10.0. The largest absolute Gasteiger partial charge is 0.481 e. The van der Waals surface area contributed by atoms with Crippen molar-refractivity contribution in [3.63, 3.8) is 0 Å². The van der Waals surface area contributed by atoms with E-state index in [1.165, 1.54) is 0 Å². The van der Waals surface area contributed by atoms with Gasteiger partial charge < -0.3 is 15.7 Å². The number of carboxylic acids is 1. The van der Waals surface area contributed by atoms with E-state index in [2.05, 4.69) is 15.7 Å². The van der Waals surface area contributed by atoms with Crippen molar-refractivity contribution in [1.82, 2.24) is 20.4 Å². The summed E-state index contributed by atoms with van der Waals surface area (Å²) in [7, 11) is 1.82. The number of carbonyl (C=O) groups excluding carboxylic acids is 1. The molecule has 0 radical (unpaired) electrons. The third-order valence-electron chi connectivity index (χ3n) is 3.43. The Hall–Kier alpha value is -2.05. The molecule has 7 heteroatoms. The molecule has 118 valence electrons. The first-order valence-corrected chi connectivity index (χ1v) is 7.14. The zero-order valence-corrected chi connectivity index (χ0v) is 12.8. The monoisotopic (exact) mass is 296 g/mol. The molecule has 0 aliphatic heterocycles. The number of hydrogen-bond acceptors (Lipinski definition) is 3. The van der Waals surface area contributed by atoms with Gasteiger partial charge in [0.1, 0.15) is 0 Å². The number of carbonyl (C=O) groups is 2. The van der Waals surface area contributed by atoms with Gasteiger partial charge in [-0.25, -0.2) is 4.79 Å². The minimum atomic E-state index is -0.774. The summed E-state index contributed by atoms with van der Waals surface area (Å²) in [6.07, 6.45) is 3.84. The van der Waals surface area contributed by atoms with Crippen LogP contribution >= 0.6 is 0 Å². The molecule has 0 aromatic carbocycles. The third kappa shape index (κ3) is 6.29. The summed E-state index contributed by atoms with van der Waals surface area (Å²) in [4.78, 5) is 22.4. The van der Waals surface area contributed by atoms with E-state index in [0.29, 0.717) is 13.0 Å². The molecule has 21 heavy (non-hydrogen) atoms. The zero-order valence-electron chi connectivity index (χ0n) is 12.8. The van der Waals surface area contributed by atoms with Crippen molar-refractivity contribution in [3.8, 4) is 0 Å². The first kappa shape index (κ1) is 17.0. The minimum Gasteiger partial charge on any atom is -0.481 e. The minimum absolute atomic E-state index is 0.0116. The summed E-state index contributed by atoms with van der Waals surface area (Å²) in [5.41, 5.74) is 0.924. The molecule has 1 heterocycles. The zero-order chi connectivity index (χ0) is 15.8. The molecule has 3 N–H and O–H groups in total. The quantitative estimate of drug-likeness (QED) is 0.677. The van der Waals surface area contributed by atoms with Crippen molar-refractivity contribution in [2.24, 2.45) is 13.0 Å². The molecule has 0 fully saturated rings. The van der Waals surface area contributed by atoms with Gasteiger partial charge in [-0.05, 0) is 25.8 Å². The molecule has 1 rings (SSSR count). The molecule has 0 aliphatic carbocycles. The van der Waals surface area contributed by atoms with Crippen molar-refractivity contribution in [1.29, 1.82) is 0 Å². The van der Waals surface area contributed by atoms with Crippen LogP contribution in [0.15, 0.2) is 12.3 Å². The molecule has 1 aromatic heterocycles. The molecule has 7 nitrogen and oxygen atoms in total. The molecular weight excluding hydrogens is 272 g/mol. The fourth-order valence-corrected chi connectivity index (χ4v) is 1.95. The highest BCUT2D eigenvalue weighted by molar-refractivity contribution is 5.74. The number of hydrogen-bond donors (Lipinski definition) is 3. The Bertz CT molecular complexity index is 473. The van der Waals surface area contributed by atoms with Gasteiger partial charge in [-0.2, -0.15) is 5.10 Å². The van der Waals surface area contributed by atoms with Gasteiger partial charge in [-0.3, -0.25) is 9.48 Å². The number of amides is 2. The molecule has 2 atom stereocenters. The normalized spacial score (nSPS) is 13.5. The van der Waals surface area contributed by atoms with Gasteiger partial charge >= 0.3 is 12.0 Å². The van der Waals surface area contributed by atoms with Crippen LogP contribution < -0.4 is 10.6 Å². The predicted molar refractivity (Wildman–Crippen MR) is 78.7 cm³/mol. The van der Waals surface area contributed by atoms with Gasteiger partial charge in [-0.15, -0.1) is 0 Å². The molecule has 0 spiro atoms. The SMILES string of the molecule is CC(CCCC(C)C(=O)O)NC(=O)NCc1ccnn1C. The van der Waals surface area contributed by atoms with Gasteiger partial charge in [-0.1, -0.05) is 13.3 Å². The average molecular weight is 296 g/mol. The molecule has 0 bridgehead atoms. The summed E-state index contributed by atoms with van der Waals surface area (Å²) in [5.74, 6) is -1.11. The molecule has 2 amide bonds. The lowest BCUT2D eigenvalue weighted by Crippen LogP contribution is -2.40. The van der Waals surface area contributed by atoms with Crippen molar-refractivity contribution >= 4 is 12.0 Å². The topological polar surface area (TPSA) is 96.2 Å². The summed E-state index contributed by atoms with van der Waals surface area (Å²) >= 11 is 0. The van der Waals surface area contributed by atoms with Crippen molar-refractivity contribution in [2.45, 2.75) is 45.7 Å². The fraction of sp³-hybridized carbons (Fsp3) is 0.643. The standard InChI is InChI=1S/C14H24N4O3/c1-10(13(19)20)5-4-6-11(2)17-14(21)15-9-12-7-8-16-18(12)3/h7-8,10-11H,4-6,9H2,1-3H3,(H,19,20)(H2,15,17,21). The Morgan fingerprint density at radius 2 is 2.10 bits per heavy atom. The number of urea groups is 1. The second-order valence-corrected chi connectivity index (χ2v) is 5.34. The lowest BCUT2D eigenvalue weighted by molar-refractivity contribution is -0.141. The molecule has 1 aromatic rings. The second kappa shape index (κ2) is 8.28. The number of nitrogens with zero attached hydrogens (tertiary/aromatic N) is 2. The van der Waals surface area contributed by atoms with Gasteiger partial charge in [0, 0.05) is 19.3 Å². The molecule has 0 aliphatic rings. The maximum Gasteiger partial charge on any atom is 0.315 e. The first-order valence-electron chi connectivity index (χ1n) is 7.14. The average Bonchev–Trinajstić information content (AvgIpc) is 2.81. The van der Waals surface area contributed by atoms with Crippen LogP contribution in [-0.2, 0) is 18.4 Å². The maximum atomic E-state index is 11.7. The summed E-state index contributed by atoms with van der Waals surface area (Å²) < 4.78 is 1.71. The molecular formula is C14H24N4O3. The van der Waals surface area contributed by atoms with Gasteiger partial charge in [0.25, 0.3) is 0 Å². The fourth-order valence-electron chi connectivity index (χ4n) is 1.95. The Labute approximate surface area is 124 Å². The third-order valence-corrected chi connectivity index (χ3v) is 3.43. The highest BCUT2D eigenvalue weighted by atomic mass is 16.4. The molecule has 0 saturated carbocycles. The smallest absolute Gasteiger partial charge is 0.315 e. The number of aryl methyl sites for hydroxylation is 1. The summed E-state index contributed by atoms with van der Waals surface area (Å²) in [6.45, 7) is 4.03. The predicted octanol–water partition coefficient (Wildman–Crippen LogP) is 1.50. The second-order valence-electron chi connectivity index (χ2n) is 5.34. The van der Waals surface area contributed by atoms with Crippen LogP contribution in [0.3, 0.4) is 0 Å². The number of aromatic nitrogens is 2. The van der Waals surface area contributed by atoms with E-state index >= 15 is 0 Å². The van der Waals surface area contributed by atoms with Crippen LogP contribution in [0.25, 0.3) is 0 Å². The van der Waals surface area contributed by atoms with Crippen molar-refractivity contribution < 1.29 is 14.7 Å². The van der Waals surface area contributed by atoms with Crippen molar-refractivity contribution in [3.05, 3.63) is 18.0 Å². The van der Waals surface area contributed by atoms with E-state index in [0.717, 1.165) is 18.5 Å². The maximum absolute atomic E-state index is 11.7. The van der Waals surface area contributed by atoms with Crippen LogP contribution in [0.4, 0.5) is 4.79 Å². The Kier molecular flexibility index (Phi) is 6.71. The van der Waals surface area contributed by atoms with Gasteiger partial charge in [0.2, 0.25) is 0 Å². The lowest BCUT2D eigenvalue weighted by Gasteiger charge is -2.15. The van der Waals surface area contributed by atoms with E-state index in [-0.39, 0.29) is 18.0 Å². The van der Waals surface area contributed by atoms with E-state index in [1.807, 2.05) is 20.0 Å². The van der Waals surface area contributed by atoms with Crippen molar-refractivity contribution in [2.75, 3.05) is 0 Å². The van der Waals surface area contributed by atoms with Crippen LogP contribution in [-0.4, -0.2) is 32.9 Å². The highest BCUT2D eigenvalue weighted by Crippen LogP contribution is 2.09. The van der Waals surface area contributed by atoms with E-state index < -0.39 is 5.97 Å². The van der Waals surface area contributed by atoms with Gasteiger partial charge in [0.15, 0.2) is 0 Å². The van der Waals surface area contributed by atoms with Crippen LogP contribution in [0.5, 0.6) is 0 Å². The Morgan fingerprint density at radius 1 is 1.38 bits per heavy atom. The summed E-state index contributed by atoms with van der Waals surface area (Å²) in [5, 5.41) is 18.4.